The van der Waals surface area contributed by atoms with Gasteiger partial charge in [0.05, 0.1) is 11.0 Å². The van der Waals surface area contributed by atoms with Gasteiger partial charge in [0, 0.05) is 6.42 Å². The van der Waals surface area contributed by atoms with Crippen LogP contribution in [-0.4, -0.2) is 27.1 Å². The number of nitrogens with two attached hydrogens (primary N) is 1. The van der Waals surface area contributed by atoms with E-state index in [-0.39, 0.29) is 6.42 Å². The molecule has 0 radical (unpaired) electrons. The van der Waals surface area contributed by atoms with E-state index in [4.69, 9.17) is 10.8 Å². The summed E-state index contributed by atoms with van der Waals surface area (Å²) in [6, 6.07) is 9.67. The molecule has 0 aliphatic carbocycles. The number of aromatic amines is 1. The molecule has 3 aromatic rings. The van der Waals surface area contributed by atoms with Crippen LogP contribution >= 0.6 is 0 Å². The molecule has 1 aromatic heterocycles. The van der Waals surface area contributed by atoms with Crippen LogP contribution in [0.25, 0.3) is 21.8 Å². The molecule has 23 heavy (non-hydrogen) atoms. The molecule has 4 N–H and O–H groups in total. The first-order valence-corrected chi connectivity index (χ1v) is 7.96. The lowest BCUT2D eigenvalue weighted by atomic mass is 10.0. The third-order valence-corrected chi connectivity index (χ3v) is 4.10. The van der Waals surface area contributed by atoms with Gasteiger partial charge in [0.25, 0.3) is 0 Å². The maximum absolute atomic E-state index is 10.9. The Labute approximate surface area is 134 Å². The van der Waals surface area contributed by atoms with E-state index in [9.17, 15) is 4.79 Å². The average molecular weight is 311 g/mol. The number of hydrogen-bond donors (Lipinski definition) is 3. The number of benzene rings is 2. The molecule has 2 aromatic carbocycles. The van der Waals surface area contributed by atoms with Crippen LogP contribution in [0.1, 0.15) is 31.2 Å². The highest BCUT2D eigenvalue weighted by molar-refractivity contribution is 5.95. The number of nitrogens with one attached hydrogen (secondary N) is 1. The van der Waals surface area contributed by atoms with Gasteiger partial charge in [-0.25, -0.2) is 4.98 Å². The Morgan fingerprint density at radius 2 is 2.13 bits per heavy atom. The van der Waals surface area contributed by atoms with Crippen LogP contribution in [0.4, 0.5) is 0 Å². The van der Waals surface area contributed by atoms with Crippen LogP contribution in [0.5, 0.6) is 0 Å². The second kappa shape index (κ2) is 6.38. The molecule has 0 aliphatic rings. The Balaban J connectivity index is 1.95. The fourth-order valence-electron chi connectivity index (χ4n) is 2.79. The van der Waals surface area contributed by atoms with Gasteiger partial charge in [-0.1, -0.05) is 31.5 Å². The lowest BCUT2D eigenvalue weighted by Gasteiger charge is -2.03. The molecule has 5 nitrogen and oxygen atoms in total. The summed E-state index contributed by atoms with van der Waals surface area (Å²) in [7, 11) is 0. The van der Waals surface area contributed by atoms with E-state index in [2.05, 4.69) is 41.2 Å². The number of carboxylic acids is 1. The van der Waals surface area contributed by atoms with Crippen LogP contribution in [-0.2, 0) is 17.6 Å². The number of fused-ring (bicyclic) bond motifs is 2. The van der Waals surface area contributed by atoms with Gasteiger partial charge in [-0.15, -0.1) is 0 Å². The van der Waals surface area contributed by atoms with Crippen molar-refractivity contribution in [3.05, 3.63) is 41.7 Å². The number of rotatable bonds is 6. The third-order valence-electron chi connectivity index (χ3n) is 4.10. The van der Waals surface area contributed by atoms with Gasteiger partial charge in [0.1, 0.15) is 11.9 Å². The largest absolute Gasteiger partial charge is 0.480 e. The zero-order valence-electron chi connectivity index (χ0n) is 13.2. The van der Waals surface area contributed by atoms with Crippen molar-refractivity contribution in [2.45, 2.75) is 38.6 Å². The Bertz CT molecular complexity index is 854. The first-order valence-electron chi connectivity index (χ1n) is 7.96. The van der Waals surface area contributed by atoms with Crippen LogP contribution < -0.4 is 5.73 Å². The highest BCUT2D eigenvalue weighted by Crippen LogP contribution is 2.23. The second-order valence-corrected chi connectivity index (χ2v) is 5.99. The second-order valence-electron chi connectivity index (χ2n) is 5.99. The monoisotopic (exact) mass is 311 g/mol. The highest BCUT2D eigenvalue weighted by Gasteiger charge is 2.15. The molecule has 5 heteroatoms. The molecule has 1 atom stereocenters. The molecule has 0 amide bonds. The first-order chi connectivity index (χ1) is 11.1. The lowest BCUT2D eigenvalue weighted by molar-refractivity contribution is -0.138. The molecule has 0 aliphatic heterocycles. The fourth-order valence-corrected chi connectivity index (χ4v) is 2.79. The topological polar surface area (TPSA) is 92.0 Å². The zero-order chi connectivity index (χ0) is 16.4. The molecule has 0 saturated carbocycles. The zero-order valence-corrected chi connectivity index (χ0v) is 13.2. The number of H-pyrrole nitrogens is 1. The number of hydrogen-bond acceptors (Lipinski definition) is 3. The quantitative estimate of drug-likeness (QED) is 0.652. The maximum atomic E-state index is 10.9. The van der Waals surface area contributed by atoms with Crippen molar-refractivity contribution in [1.82, 2.24) is 9.97 Å². The van der Waals surface area contributed by atoms with E-state index >= 15 is 0 Å². The normalized spacial score (nSPS) is 12.8. The van der Waals surface area contributed by atoms with Crippen molar-refractivity contribution in [2.24, 2.45) is 5.73 Å². The molecule has 0 fully saturated rings. The number of aromatic nitrogens is 2. The van der Waals surface area contributed by atoms with Gasteiger partial charge in [-0.2, -0.15) is 0 Å². The van der Waals surface area contributed by atoms with E-state index < -0.39 is 12.0 Å². The molecular formula is C18H21N3O2. The van der Waals surface area contributed by atoms with E-state index in [1.807, 2.05) is 6.07 Å². The SMILES string of the molecule is CCCCc1ccc2cc3[nH]c(C[C@@H](N)C(=O)O)nc3cc2c1. The van der Waals surface area contributed by atoms with Crippen LogP contribution in [0.2, 0.25) is 0 Å². The Kier molecular flexibility index (Phi) is 4.30. The van der Waals surface area contributed by atoms with Crippen molar-refractivity contribution in [3.63, 3.8) is 0 Å². The van der Waals surface area contributed by atoms with Gasteiger partial charge < -0.3 is 15.8 Å². The molecule has 0 saturated heterocycles. The molecule has 0 spiro atoms. The van der Waals surface area contributed by atoms with Gasteiger partial charge >= 0.3 is 5.97 Å². The summed E-state index contributed by atoms with van der Waals surface area (Å²) in [6.45, 7) is 2.19. The number of aliphatic carboxylic acids is 1. The van der Waals surface area contributed by atoms with Gasteiger partial charge in [0.2, 0.25) is 0 Å². The lowest BCUT2D eigenvalue weighted by Crippen LogP contribution is -2.32. The van der Waals surface area contributed by atoms with Crippen molar-refractivity contribution < 1.29 is 9.90 Å². The highest BCUT2D eigenvalue weighted by atomic mass is 16.4. The van der Waals surface area contributed by atoms with E-state index in [0.717, 1.165) is 28.2 Å². The summed E-state index contributed by atoms with van der Waals surface area (Å²) >= 11 is 0. The smallest absolute Gasteiger partial charge is 0.320 e. The number of carbonyl (C=O) groups is 1. The maximum Gasteiger partial charge on any atom is 0.320 e. The summed E-state index contributed by atoms with van der Waals surface area (Å²) in [6.07, 6.45) is 3.66. The van der Waals surface area contributed by atoms with Crippen LogP contribution in [0, 0.1) is 0 Å². The predicted molar refractivity (Wildman–Crippen MR) is 91.5 cm³/mol. The van der Waals surface area contributed by atoms with Crippen molar-refractivity contribution in [3.8, 4) is 0 Å². The summed E-state index contributed by atoms with van der Waals surface area (Å²) in [5, 5.41) is 11.2. The Hall–Kier alpha value is -2.40. The minimum atomic E-state index is -1.02. The van der Waals surface area contributed by atoms with E-state index in [1.54, 1.807) is 0 Å². The number of imidazole rings is 1. The van der Waals surface area contributed by atoms with E-state index in [0.29, 0.717) is 5.82 Å². The van der Waals surface area contributed by atoms with Crippen LogP contribution in [0.15, 0.2) is 30.3 Å². The van der Waals surface area contributed by atoms with E-state index in [1.165, 1.54) is 18.4 Å². The number of unbranched alkanes of at least 4 members (excludes halogenated alkanes) is 1. The molecule has 1 heterocycles. The number of nitrogens with zero attached hydrogens (tertiary/aromatic N) is 1. The molecule has 120 valence electrons. The standard InChI is InChI=1S/C18H21N3O2/c1-2-3-4-11-5-6-12-8-15-16(9-13(12)7-11)21-17(20-15)10-14(19)18(22)23/h5-9,14H,2-4,10,19H2,1H3,(H,20,21)(H,22,23)/t14-/m1/s1. The summed E-state index contributed by atoms with van der Waals surface area (Å²) in [4.78, 5) is 18.5. The number of aryl methyl sites for hydroxylation is 1. The third kappa shape index (κ3) is 3.35. The Morgan fingerprint density at radius 3 is 2.87 bits per heavy atom. The van der Waals surface area contributed by atoms with Gasteiger partial charge in [-0.05, 0) is 41.3 Å². The Morgan fingerprint density at radius 1 is 1.30 bits per heavy atom. The molecular weight excluding hydrogens is 290 g/mol. The van der Waals surface area contributed by atoms with Crippen molar-refractivity contribution in [1.29, 1.82) is 0 Å². The summed E-state index contributed by atoms with van der Waals surface area (Å²) in [5.74, 6) is -0.410. The minimum absolute atomic E-state index is 0.197. The summed E-state index contributed by atoms with van der Waals surface area (Å²) in [5.41, 5.74) is 8.67. The van der Waals surface area contributed by atoms with Crippen molar-refractivity contribution >= 4 is 27.8 Å². The summed E-state index contributed by atoms with van der Waals surface area (Å²) < 4.78 is 0. The van der Waals surface area contributed by atoms with Crippen molar-refractivity contribution in [2.75, 3.05) is 0 Å². The molecule has 3 rings (SSSR count). The fraction of sp³-hybridized carbons (Fsp3) is 0.333. The van der Waals surface area contributed by atoms with Crippen LogP contribution in [0.3, 0.4) is 0 Å². The van der Waals surface area contributed by atoms with Gasteiger partial charge in [-0.3, -0.25) is 4.79 Å². The molecule has 0 bridgehead atoms. The molecule has 0 unspecified atom stereocenters. The minimum Gasteiger partial charge on any atom is -0.480 e. The number of carboxylic acid groups (broad SMARTS) is 1. The van der Waals surface area contributed by atoms with Gasteiger partial charge in [0.15, 0.2) is 0 Å². The first kappa shape index (κ1) is 15.5. The average Bonchev–Trinajstić information content (AvgIpc) is 2.91. The predicted octanol–water partition coefficient (Wildman–Crippen LogP) is 3.01.